The summed E-state index contributed by atoms with van der Waals surface area (Å²) in [5, 5.41) is 7.65. The quantitative estimate of drug-likeness (QED) is 0.456. The highest BCUT2D eigenvalue weighted by Gasteiger charge is 2.19. The third-order valence-corrected chi connectivity index (χ3v) is 6.98. The molecule has 0 atom stereocenters. The topological polar surface area (TPSA) is 84.3 Å². The van der Waals surface area contributed by atoms with Gasteiger partial charge in [0.15, 0.2) is 0 Å². The molecule has 1 heterocycles. The van der Waals surface area contributed by atoms with Gasteiger partial charge in [-0.1, -0.05) is 54.6 Å². The summed E-state index contributed by atoms with van der Waals surface area (Å²) in [5.41, 5.74) is 3.73. The van der Waals surface area contributed by atoms with E-state index in [1.165, 1.54) is 26.2 Å². The molecule has 4 aromatic rings. The first-order chi connectivity index (χ1) is 15.9. The standard InChI is InChI=1S/C25H24N4O3S/c1-28(2)33(31,32)23-15-9-12-20(16-23)25(30)26-17-21-18-29(22-13-7-4-8-14-22)27-24(21)19-10-5-3-6-11-19/h3-16,18H,17H2,1-2H3,(H,26,30). The van der Waals surface area contributed by atoms with Crippen molar-refractivity contribution in [3.05, 3.63) is 102 Å². The van der Waals surface area contributed by atoms with Crippen LogP contribution in [0.5, 0.6) is 0 Å². The summed E-state index contributed by atoms with van der Waals surface area (Å²) in [6, 6.07) is 25.5. The zero-order valence-electron chi connectivity index (χ0n) is 18.3. The Labute approximate surface area is 193 Å². The van der Waals surface area contributed by atoms with Crippen molar-refractivity contribution in [3.63, 3.8) is 0 Å². The van der Waals surface area contributed by atoms with E-state index in [1.54, 1.807) is 16.8 Å². The van der Waals surface area contributed by atoms with Gasteiger partial charge in [-0.05, 0) is 30.3 Å². The second-order valence-electron chi connectivity index (χ2n) is 7.65. The average molecular weight is 461 g/mol. The highest BCUT2D eigenvalue weighted by Crippen LogP contribution is 2.24. The smallest absolute Gasteiger partial charge is 0.251 e. The van der Waals surface area contributed by atoms with Gasteiger partial charge in [0, 0.05) is 43.5 Å². The van der Waals surface area contributed by atoms with Gasteiger partial charge in [0.1, 0.15) is 0 Å². The fourth-order valence-corrected chi connectivity index (χ4v) is 4.33. The van der Waals surface area contributed by atoms with Gasteiger partial charge < -0.3 is 5.32 Å². The molecule has 1 aromatic heterocycles. The molecule has 168 valence electrons. The van der Waals surface area contributed by atoms with Gasteiger partial charge in [-0.25, -0.2) is 17.4 Å². The molecule has 0 saturated heterocycles. The molecule has 0 fully saturated rings. The third kappa shape index (κ3) is 4.87. The predicted molar refractivity (Wildman–Crippen MR) is 127 cm³/mol. The van der Waals surface area contributed by atoms with Crippen LogP contribution in [0.3, 0.4) is 0 Å². The molecule has 7 nitrogen and oxygen atoms in total. The van der Waals surface area contributed by atoms with Crippen molar-refractivity contribution in [2.24, 2.45) is 0 Å². The molecule has 33 heavy (non-hydrogen) atoms. The Morgan fingerprint density at radius 1 is 0.939 bits per heavy atom. The van der Waals surface area contributed by atoms with Gasteiger partial charge in [0.2, 0.25) is 10.0 Å². The first-order valence-corrected chi connectivity index (χ1v) is 11.8. The molecule has 0 radical (unpaired) electrons. The Hall–Kier alpha value is -3.75. The van der Waals surface area contributed by atoms with Crippen LogP contribution in [0.15, 0.2) is 96.0 Å². The Morgan fingerprint density at radius 3 is 2.27 bits per heavy atom. The number of hydrogen-bond donors (Lipinski definition) is 1. The third-order valence-electron chi connectivity index (χ3n) is 5.17. The maximum absolute atomic E-state index is 12.8. The summed E-state index contributed by atoms with van der Waals surface area (Å²) in [4.78, 5) is 12.9. The van der Waals surface area contributed by atoms with Gasteiger partial charge in [-0.3, -0.25) is 4.79 Å². The number of benzene rings is 3. The second kappa shape index (κ2) is 9.40. The normalized spacial score (nSPS) is 11.5. The number of para-hydroxylation sites is 1. The van der Waals surface area contributed by atoms with Gasteiger partial charge in [0.05, 0.1) is 16.3 Å². The van der Waals surface area contributed by atoms with Gasteiger partial charge in [-0.15, -0.1) is 0 Å². The van der Waals surface area contributed by atoms with Crippen LogP contribution in [0, 0.1) is 0 Å². The van der Waals surface area contributed by atoms with Gasteiger partial charge >= 0.3 is 0 Å². The van der Waals surface area contributed by atoms with Gasteiger partial charge in [0.25, 0.3) is 5.91 Å². The summed E-state index contributed by atoms with van der Waals surface area (Å²) < 4.78 is 27.7. The molecule has 4 rings (SSSR count). The highest BCUT2D eigenvalue weighted by molar-refractivity contribution is 7.89. The van der Waals surface area contributed by atoms with E-state index in [-0.39, 0.29) is 22.9 Å². The molecule has 0 aliphatic heterocycles. The van der Waals surface area contributed by atoms with Crippen molar-refractivity contribution in [2.75, 3.05) is 14.1 Å². The Balaban J connectivity index is 1.61. The zero-order valence-corrected chi connectivity index (χ0v) is 19.2. The fraction of sp³-hybridized carbons (Fsp3) is 0.120. The minimum Gasteiger partial charge on any atom is -0.348 e. The SMILES string of the molecule is CN(C)S(=O)(=O)c1cccc(C(=O)NCc2cn(-c3ccccc3)nc2-c2ccccc2)c1. The van der Waals surface area contributed by atoms with Crippen molar-refractivity contribution >= 4 is 15.9 Å². The average Bonchev–Trinajstić information content (AvgIpc) is 3.28. The number of sulfonamides is 1. The number of nitrogens with zero attached hydrogens (tertiary/aromatic N) is 3. The largest absolute Gasteiger partial charge is 0.348 e. The fourth-order valence-electron chi connectivity index (χ4n) is 3.38. The number of aromatic nitrogens is 2. The van der Waals surface area contributed by atoms with Crippen LogP contribution >= 0.6 is 0 Å². The van der Waals surface area contributed by atoms with Crippen LogP contribution in [0.4, 0.5) is 0 Å². The minimum absolute atomic E-state index is 0.0713. The van der Waals surface area contributed by atoms with Crippen molar-refractivity contribution < 1.29 is 13.2 Å². The number of amides is 1. The van der Waals surface area contributed by atoms with Crippen molar-refractivity contribution in [3.8, 4) is 16.9 Å². The summed E-state index contributed by atoms with van der Waals surface area (Å²) in [6.45, 7) is 0.237. The monoisotopic (exact) mass is 460 g/mol. The van der Waals surface area contributed by atoms with E-state index in [9.17, 15) is 13.2 Å². The maximum Gasteiger partial charge on any atom is 0.251 e. The number of hydrogen-bond acceptors (Lipinski definition) is 4. The van der Waals surface area contributed by atoms with Crippen LogP contribution in [0.1, 0.15) is 15.9 Å². The first kappa shape index (κ1) is 22.4. The Bertz CT molecular complexity index is 1370. The Morgan fingerprint density at radius 2 is 1.61 bits per heavy atom. The summed E-state index contributed by atoms with van der Waals surface area (Å²) in [5.74, 6) is -0.364. The molecular formula is C25H24N4O3S. The molecule has 1 N–H and O–H groups in total. The lowest BCUT2D eigenvalue weighted by Crippen LogP contribution is -2.25. The van der Waals surface area contributed by atoms with Crippen LogP contribution in [-0.2, 0) is 16.6 Å². The van der Waals surface area contributed by atoms with E-state index in [1.807, 2.05) is 66.9 Å². The molecule has 0 aliphatic carbocycles. The van der Waals surface area contributed by atoms with Gasteiger partial charge in [-0.2, -0.15) is 5.10 Å². The molecule has 1 amide bonds. The maximum atomic E-state index is 12.8. The minimum atomic E-state index is -3.63. The molecular weight excluding hydrogens is 436 g/mol. The van der Waals surface area contributed by atoms with Crippen LogP contribution < -0.4 is 5.32 Å². The number of carbonyl (C=O) groups excluding carboxylic acids is 1. The highest BCUT2D eigenvalue weighted by atomic mass is 32.2. The Kier molecular flexibility index (Phi) is 6.39. The van der Waals surface area contributed by atoms with E-state index in [4.69, 9.17) is 5.10 Å². The molecule has 0 spiro atoms. The number of nitrogens with one attached hydrogen (secondary N) is 1. The summed E-state index contributed by atoms with van der Waals surface area (Å²) >= 11 is 0. The van der Waals surface area contributed by atoms with Crippen molar-refractivity contribution in [2.45, 2.75) is 11.4 Å². The second-order valence-corrected chi connectivity index (χ2v) is 9.80. The zero-order chi connectivity index (χ0) is 23.4. The molecule has 8 heteroatoms. The van der Waals surface area contributed by atoms with Crippen molar-refractivity contribution in [1.29, 1.82) is 0 Å². The van der Waals surface area contributed by atoms with Crippen LogP contribution in [0.2, 0.25) is 0 Å². The van der Waals surface area contributed by atoms with Crippen LogP contribution in [-0.4, -0.2) is 42.5 Å². The number of rotatable bonds is 7. The molecule has 0 saturated carbocycles. The first-order valence-electron chi connectivity index (χ1n) is 10.4. The lowest BCUT2D eigenvalue weighted by molar-refractivity contribution is 0.0950. The summed E-state index contributed by atoms with van der Waals surface area (Å²) in [7, 11) is -0.718. The van der Waals surface area contributed by atoms with E-state index in [0.717, 1.165) is 26.8 Å². The lowest BCUT2D eigenvalue weighted by atomic mass is 10.1. The molecule has 0 bridgehead atoms. The predicted octanol–water partition coefficient (Wildman–Crippen LogP) is 3.72. The number of carbonyl (C=O) groups is 1. The van der Waals surface area contributed by atoms with E-state index in [0.29, 0.717) is 0 Å². The molecule has 0 aliphatic rings. The molecule has 0 unspecified atom stereocenters. The van der Waals surface area contributed by atoms with E-state index in [2.05, 4.69) is 5.32 Å². The van der Waals surface area contributed by atoms with E-state index >= 15 is 0 Å². The summed E-state index contributed by atoms with van der Waals surface area (Å²) in [6.07, 6.45) is 1.89. The van der Waals surface area contributed by atoms with Crippen molar-refractivity contribution in [1.82, 2.24) is 19.4 Å². The molecule has 3 aromatic carbocycles. The van der Waals surface area contributed by atoms with E-state index < -0.39 is 10.0 Å². The van der Waals surface area contributed by atoms with Crippen LogP contribution in [0.25, 0.3) is 16.9 Å². The lowest BCUT2D eigenvalue weighted by Gasteiger charge is -2.12.